The van der Waals surface area contributed by atoms with Crippen LogP contribution < -0.4 is 0 Å². The molecule has 180 valence electrons. The van der Waals surface area contributed by atoms with Gasteiger partial charge in [0.05, 0.1) is 5.56 Å². The van der Waals surface area contributed by atoms with E-state index in [-0.39, 0.29) is 5.28 Å². The van der Waals surface area contributed by atoms with Gasteiger partial charge >= 0.3 is 0 Å². The molecule has 2 heterocycles. The summed E-state index contributed by atoms with van der Waals surface area (Å²) in [4.78, 5) is 13.6. The summed E-state index contributed by atoms with van der Waals surface area (Å²) in [5, 5.41) is 2.20. The monoisotopic (exact) mass is 509 g/mol. The highest BCUT2D eigenvalue weighted by Crippen LogP contribution is 2.35. The fraction of sp³-hybridized carbons (Fsp3) is 0. The predicted octanol–water partition coefficient (Wildman–Crippen LogP) is 9.09. The molecule has 0 amide bonds. The van der Waals surface area contributed by atoms with Gasteiger partial charge < -0.3 is 4.42 Å². The van der Waals surface area contributed by atoms with Gasteiger partial charge in [0, 0.05) is 16.3 Å². The Morgan fingerprint density at radius 1 is 0.474 bits per heavy atom. The summed E-state index contributed by atoms with van der Waals surface area (Å²) in [6, 6.07) is 41.1. The van der Waals surface area contributed by atoms with Crippen molar-refractivity contribution in [2.45, 2.75) is 0 Å². The van der Waals surface area contributed by atoms with Crippen LogP contribution in [0.5, 0.6) is 0 Å². The molecular weight excluding hydrogens is 490 g/mol. The third kappa shape index (κ3) is 4.01. The number of hydrogen-bond acceptors (Lipinski definition) is 4. The minimum atomic E-state index is 0.137. The van der Waals surface area contributed by atoms with E-state index in [4.69, 9.17) is 21.0 Å². The first kappa shape index (κ1) is 22.4. The molecule has 5 aromatic carbocycles. The van der Waals surface area contributed by atoms with Crippen molar-refractivity contribution in [2.75, 3.05) is 0 Å². The van der Waals surface area contributed by atoms with Crippen molar-refractivity contribution < 1.29 is 4.42 Å². The quantitative estimate of drug-likeness (QED) is 0.237. The van der Waals surface area contributed by atoms with Gasteiger partial charge in [0.1, 0.15) is 11.2 Å². The number of halogens is 1. The van der Waals surface area contributed by atoms with Gasteiger partial charge in [0.15, 0.2) is 11.6 Å². The van der Waals surface area contributed by atoms with Crippen LogP contribution in [0.1, 0.15) is 0 Å². The molecule has 0 bridgehead atoms. The van der Waals surface area contributed by atoms with E-state index >= 15 is 0 Å². The average Bonchev–Trinajstić information content (AvgIpc) is 3.36. The zero-order valence-corrected chi connectivity index (χ0v) is 20.9. The minimum Gasteiger partial charge on any atom is -0.455 e. The molecule has 0 aliphatic heterocycles. The smallest absolute Gasteiger partial charge is 0.226 e. The van der Waals surface area contributed by atoms with E-state index in [1.165, 1.54) is 11.1 Å². The molecule has 38 heavy (non-hydrogen) atoms. The molecule has 0 aliphatic carbocycles. The Bertz CT molecular complexity index is 1930. The fourth-order valence-electron chi connectivity index (χ4n) is 4.84. The van der Waals surface area contributed by atoms with E-state index in [9.17, 15) is 0 Å². The molecule has 0 fully saturated rings. The molecule has 7 aromatic rings. The number of nitrogens with zero attached hydrogens (tertiary/aromatic N) is 3. The van der Waals surface area contributed by atoms with Gasteiger partial charge in [0.2, 0.25) is 5.28 Å². The Kier molecular flexibility index (Phi) is 5.46. The van der Waals surface area contributed by atoms with Crippen LogP contribution >= 0.6 is 11.6 Å². The van der Waals surface area contributed by atoms with Gasteiger partial charge in [0.25, 0.3) is 0 Å². The third-order valence-electron chi connectivity index (χ3n) is 6.70. The van der Waals surface area contributed by atoms with E-state index in [2.05, 4.69) is 70.6 Å². The summed E-state index contributed by atoms with van der Waals surface area (Å²) in [5.74, 6) is 0.988. The number of benzene rings is 5. The van der Waals surface area contributed by atoms with Gasteiger partial charge in [-0.1, -0.05) is 103 Å². The molecule has 0 spiro atoms. The second kappa shape index (κ2) is 9.25. The molecule has 0 unspecified atom stereocenters. The summed E-state index contributed by atoms with van der Waals surface area (Å²) in [6.45, 7) is 0. The lowest BCUT2D eigenvalue weighted by molar-refractivity contribution is 0.669. The van der Waals surface area contributed by atoms with Crippen molar-refractivity contribution in [3.8, 4) is 45.0 Å². The lowest BCUT2D eigenvalue weighted by Crippen LogP contribution is -1.97. The minimum absolute atomic E-state index is 0.137. The standard InChI is InChI=1S/C33H20ClN3O/c34-33-36-31(35-32(37-33)28-14-7-13-27-26-12-4-5-15-29(26)38-30(27)28)23-18-16-22(17-19-23)25-11-6-10-24(20-25)21-8-2-1-3-9-21/h1-20H. The fourth-order valence-corrected chi connectivity index (χ4v) is 5.00. The Morgan fingerprint density at radius 3 is 1.89 bits per heavy atom. The van der Waals surface area contributed by atoms with Crippen molar-refractivity contribution in [3.63, 3.8) is 0 Å². The maximum Gasteiger partial charge on any atom is 0.226 e. The lowest BCUT2D eigenvalue weighted by Gasteiger charge is -2.08. The molecule has 0 radical (unpaired) electrons. The Morgan fingerprint density at radius 2 is 1.08 bits per heavy atom. The second-order valence-electron chi connectivity index (χ2n) is 9.06. The second-order valence-corrected chi connectivity index (χ2v) is 9.39. The summed E-state index contributed by atoms with van der Waals surface area (Å²) >= 11 is 6.39. The predicted molar refractivity (Wildman–Crippen MR) is 154 cm³/mol. The molecule has 2 aromatic heterocycles. The van der Waals surface area contributed by atoms with Crippen molar-refractivity contribution in [3.05, 3.63) is 127 Å². The summed E-state index contributed by atoms with van der Waals surface area (Å²) in [7, 11) is 0. The highest BCUT2D eigenvalue weighted by Gasteiger charge is 2.16. The molecule has 0 N–H and O–H groups in total. The van der Waals surface area contributed by atoms with Gasteiger partial charge in [-0.25, -0.2) is 4.98 Å². The normalized spacial score (nSPS) is 11.3. The van der Waals surface area contributed by atoms with E-state index in [0.717, 1.165) is 44.2 Å². The van der Waals surface area contributed by atoms with Gasteiger partial charge in [-0.3, -0.25) is 0 Å². The van der Waals surface area contributed by atoms with Crippen LogP contribution in [0.25, 0.3) is 67.0 Å². The maximum atomic E-state index is 6.39. The topological polar surface area (TPSA) is 51.8 Å². The molecule has 0 aliphatic rings. The average molecular weight is 510 g/mol. The number of hydrogen-bond donors (Lipinski definition) is 0. The van der Waals surface area contributed by atoms with Crippen LogP contribution in [0.4, 0.5) is 0 Å². The first-order valence-corrected chi connectivity index (χ1v) is 12.7. The van der Waals surface area contributed by atoms with Crippen LogP contribution in [0.15, 0.2) is 126 Å². The van der Waals surface area contributed by atoms with Crippen molar-refractivity contribution in [1.29, 1.82) is 0 Å². The van der Waals surface area contributed by atoms with Gasteiger partial charge in [-0.15, -0.1) is 0 Å². The molecule has 7 rings (SSSR count). The Hall–Kier alpha value is -4.80. The number of para-hydroxylation sites is 2. The number of furan rings is 1. The van der Waals surface area contributed by atoms with E-state index in [0.29, 0.717) is 11.6 Å². The molecule has 4 nitrogen and oxygen atoms in total. The van der Waals surface area contributed by atoms with Gasteiger partial charge in [-0.05, 0) is 52.1 Å². The van der Waals surface area contributed by atoms with E-state index in [1.54, 1.807) is 0 Å². The van der Waals surface area contributed by atoms with Crippen LogP contribution in [0.3, 0.4) is 0 Å². The van der Waals surface area contributed by atoms with Crippen LogP contribution in [0.2, 0.25) is 5.28 Å². The molecule has 0 atom stereocenters. The lowest BCUT2D eigenvalue weighted by atomic mass is 9.98. The Balaban J connectivity index is 1.26. The molecule has 5 heteroatoms. The molecular formula is C33H20ClN3O. The highest BCUT2D eigenvalue weighted by molar-refractivity contribution is 6.28. The highest BCUT2D eigenvalue weighted by atomic mass is 35.5. The Labute approximate surface area is 224 Å². The summed E-state index contributed by atoms with van der Waals surface area (Å²) in [6.07, 6.45) is 0. The van der Waals surface area contributed by atoms with E-state index < -0.39 is 0 Å². The van der Waals surface area contributed by atoms with Crippen molar-refractivity contribution in [2.24, 2.45) is 0 Å². The summed E-state index contributed by atoms with van der Waals surface area (Å²) in [5.41, 5.74) is 7.81. The largest absolute Gasteiger partial charge is 0.455 e. The molecule has 0 saturated carbocycles. The van der Waals surface area contributed by atoms with Crippen LogP contribution in [-0.4, -0.2) is 15.0 Å². The van der Waals surface area contributed by atoms with E-state index in [1.807, 2.05) is 60.7 Å². The zero-order chi connectivity index (χ0) is 25.5. The number of rotatable bonds is 4. The maximum absolute atomic E-state index is 6.39. The number of aromatic nitrogens is 3. The van der Waals surface area contributed by atoms with Crippen LogP contribution in [0, 0.1) is 0 Å². The van der Waals surface area contributed by atoms with Crippen molar-refractivity contribution in [1.82, 2.24) is 15.0 Å². The SMILES string of the molecule is Clc1nc(-c2ccc(-c3cccc(-c4ccccc4)c3)cc2)nc(-c2cccc3c2oc2ccccc23)n1. The summed E-state index contributed by atoms with van der Waals surface area (Å²) < 4.78 is 6.19. The van der Waals surface area contributed by atoms with Gasteiger partial charge in [-0.2, -0.15) is 9.97 Å². The first-order chi connectivity index (χ1) is 18.7. The molecule has 0 saturated heterocycles. The van der Waals surface area contributed by atoms with Crippen LogP contribution in [-0.2, 0) is 0 Å². The number of fused-ring (bicyclic) bond motifs is 3. The van der Waals surface area contributed by atoms with Crippen molar-refractivity contribution >= 4 is 33.5 Å². The first-order valence-electron chi connectivity index (χ1n) is 12.3. The third-order valence-corrected chi connectivity index (χ3v) is 6.87. The zero-order valence-electron chi connectivity index (χ0n) is 20.2.